The number of carboxylic acid groups (broad SMARTS) is 1. The van der Waals surface area contributed by atoms with E-state index in [4.69, 9.17) is 4.74 Å². The van der Waals surface area contributed by atoms with Crippen LogP contribution in [-0.4, -0.2) is 61.7 Å². The van der Waals surface area contributed by atoms with Crippen LogP contribution in [0.5, 0.6) is 0 Å². The number of amides is 2. The molecule has 2 amide bonds. The monoisotopic (exact) mass is 432 g/mol. The maximum atomic E-state index is 12.7. The molecule has 0 aliphatic carbocycles. The molecule has 30 heavy (non-hydrogen) atoms. The molecule has 2 aliphatic rings. The Balaban J connectivity index is 1.77. The van der Waals surface area contributed by atoms with E-state index in [0.29, 0.717) is 0 Å². The number of carbonyl (C=O) groups excluding carboxylic acids is 3. The van der Waals surface area contributed by atoms with E-state index in [1.165, 1.54) is 6.08 Å². The molecule has 0 aromatic heterocycles. The SMILES string of the molecule is CCOC(=O)C=CC1=C(C(=O)O)N2C(=O)C(NC(=O)Cc3ccccc3)[C@@H]2S(=O)C1. The Bertz CT molecular complexity index is 971. The number of fused-ring (bicyclic) bond motifs is 1. The number of allylic oxidation sites excluding steroid dienone is 1. The lowest BCUT2D eigenvalue weighted by Gasteiger charge is -2.48. The normalized spacial score (nSPS) is 23.0. The van der Waals surface area contributed by atoms with Gasteiger partial charge in [0, 0.05) is 6.08 Å². The van der Waals surface area contributed by atoms with Crippen molar-refractivity contribution in [3.05, 3.63) is 59.3 Å². The van der Waals surface area contributed by atoms with Crippen molar-refractivity contribution in [3.63, 3.8) is 0 Å². The molecule has 3 rings (SSSR count). The fourth-order valence-electron chi connectivity index (χ4n) is 3.30. The standard InChI is InChI=1S/C20H20N2O7S/c1-2-29-15(24)9-8-13-11-30(28)19-16(18(25)22(19)17(13)20(26)27)21-14(23)10-12-6-4-3-5-7-12/h3-9,16,19H,2,10-11H2,1H3,(H,21,23)(H,26,27)/t16?,19-,30?/m0/s1. The van der Waals surface area contributed by atoms with Crippen molar-refractivity contribution >= 4 is 34.6 Å². The average Bonchev–Trinajstić information content (AvgIpc) is 2.70. The minimum atomic E-state index is -1.66. The van der Waals surface area contributed by atoms with E-state index in [1.807, 2.05) is 6.07 Å². The Hall–Kier alpha value is -3.27. The number of ether oxygens (including phenoxy) is 1. The smallest absolute Gasteiger partial charge is 0.352 e. The highest BCUT2D eigenvalue weighted by Crippen LogP contribution is 2.35. The van der Waals surface area contributed by atoms with Gasteiger partial charge in [0.1, 0.15) is 17.1 Å². The van der Waals surface area contributed by atoms with Gasteiger partial charge in [0.15, 0.2) is 0 Å². The lowest BCUT2D eigenvalue weighted by molar-refractivity contribution is -0.150. The Morgan fingerprint density at radius 1 is 1.30 bits per heavy atom. The fraction of sp³-hybridized carbons (Fsp3) is 0.300. The summed E-state index contributed by atoms with van der Waals surface area (Å²) in [5.74, 6) is -3.32. The van der Waals surface area contributed by atoms with Gasteiger partial charge in [-0.15, -0.1) is 0 Å². The molecule has 1 aromatic rings. The van der Waals surface area contributed by atoms with Crippen LogP contribution < -0.4 is 5.32 Å². The molecule has 1 fully saturated rings. The molecule has 0 spiro atoms. The molecule has 0 saturated carbocycles. The van der Waals surface area contributed by atoms with Crippen LogP contribution in [0.3, 0.4) is 0 Å². The zero-order valence-electron chi connectivity index (χ0n) is 16.1. The largest absolute Gasteiger partial charge is 0.477 e. The van der Waals surface area contributed by atoms with Gasteiger partial charge in [-0.2, -0.15) is 0 Å². The summed E-state index contributed by atoms with van der Waals surface area (Å²) in [5, 5.41) is 11.2. The summed E-state index contributed by atoms with van der Waals surface area (Å²) in [6, 6.07) is 7.84. The van der Waals surface area contributed by atoms with Crippen LogP contribution in [0.15, 0.2) is 53.8 Å². The Kier molecular flexibility index (Phi) is 6.46. The van der Waals surface area contributed by atoms with E-state index < -0.39 is 46.0 Å². The van der Waals surface area contributed by atoms with Crippen LogP contribution >= 0.6 is 0 Å². The van der Waals surface area contributed by atoms with Crippen molar-refractivity contribution in [2.75, 3.05) is 12.4 Å². The first-order valence-electron chi connectivity index (χ1n) is 9.18. The Morgan fingerprint density at radius 3 is 2.63 bits per heavy atom. The van der Waals surface area contributed by atoms with Gasteiger partial charge in [0.05, 0.1) is 29.6 Å². The molecule has 0 bridgehead atoms. The summed E-state index contributed by atoms with van der Waals surface area (Å²) in [5.41, 5.74) is 0.479. The number of rotatable bonds is 7. The van der Waals surface area contributed by atoms with Gasteiger partial charge in [-0.3, -0.25) is 18.7 Å². The lowest BCUT2D eigenvalue weighted by atomic mass is 10.0. The van der Waals surface area contributed by atoms with E-state index in [9.17, 15) is 28.5 Å². The summed E-state index contributed by atoms with van der Waals surface area (Å²) < 4.78 is 17.4. The van der Waals surface area contributed by atoms with Crippen molar-refractivity contribution in [1.82, 2.24) is 10.2 Å². The third kappa shape index (κ3) is 4.33. The molecule has 1 aromatic carbocycles. The molecule has 3 atom stereocenters. The van der Waals surface area contributed by atoms with Crippen molar-refractivity contribution in [3.8, 4) is 0 Å². The fourth-order valence-corrected chi connectivity index (χ4v) is 4.94. The number of hydrogen-bond acceptors (Lipinski definition) is 6. The predicted octanol–water partition coefficient (Wildman–Crippen LogP) is 0.103. The van der Waals surface area contributed by atoms with Gasteiger partial charge < -0.3 is 15.2 Å². The van der Waals surface area contributed by atoms with Crippen LogP contribution in [0, 0.1) is 0 Å². The van der Waals surface area contributed by atoms with Crippen LogP contribution in [0.2, 0.25) is 0 Å². The number of esters is 1. The molecule has 2 heterocycles. The molecule has 158 valence electrons. The molecule has 10 heteroatoms. The number of benzene rings is 1. The maximum absolute atomic E-state index is 12.7. The van der Waals surface area contributed by atoms with Gasteiger partial charge in [-0.1, -0.05) is 30.3 Å². The summed E-state index contributed by atoms with van der Waals surface area (Å²) in [6.45, 7) is 1.77. The minimum Gasteiger partial charge on any atom is -0.477 e. The first-order chi connectivity index (χ1) is 14.3. The predicted molar refractivity (Wildman–Crippen MR) is 106 cm³/mol. The van der Waals surface area contributed by atoms with E-state index >= 15 is 0 Å². The zero-order chi connectivity index (χ0) is 21.8. The third-order valence-electron chi connectivity index (χ3n) is 4.59. The summed E-state index contributed by atoms with van der Waals surface area (Å²) >= 11 is 0. The number of carbonyl (C=O) groups is 4. The van der Waals surface area contributed by atoms with E-state index in [-0.39, 0.29) is 30.1 Å². The summed E-state index contributed by atoms with van der Waals surface area (Å²) in [4.78, 5) is 49.1. The number of carboxylic acids is 1. The van der Waals surface area contributed by atoms with Crippen molar-refractivity contribution < 1.29 is 33.2 Å². The lowest BCUT2D eigenvalue weighted by Crippen LogP contribution is -2.73. The average molecular weight is 432 g/mol. The quantitative estimate of drug-likeness (QED) is 0.355. The second-order valence-corrected chi connectivity index (χ2v) is 8.13. The molecule has 1 saturated heterocycles. The number of β-lactam (4-membered cyclic amide) rings is 1. The van der Waals surface area contributed by atoms with E-state index in [2.05, 4.69) is 5.32 Å². The number of nitrogens with zero attached hydrogens (tertiary/aromatic N) is 1. The van der Waals surface area contributed by atoms with Crippen LogP contribution in [0.1, 0.15) is 12.5 Å². The molecule has 2 unspecified atom stereocenters. The van der Waals surface area contributed by atoms with Crippen molar-refractivity contribution in [2.45, 2.75) is 24.8 Å². The molecule has 0 radical (unpaired) electrons. The molecular formula is C20H20N2O7S. The molecular weight excluding hydrogens is 412 g/mol. The molecule has 2 aliphatic heterocycles. The zero-order valence-corrected chi connectivity index (χ0v) is 16.9. The van der Waals surface area contributed by atoms with Crippen molar-refractivity contribution in [1.29, 1.82) is 0 Å². The van der Waals surface area contributed by atoms with Gasteiger partial charge in [0.25, 0.3) is 5.91 Å². The third-order valence-corrected chi connectivity index (χ3v) is 6.21. The van der Waals surface area contributed by atoms with Gasteiger partial charge in [-0.05, 0) is 24.1 Å². The van der Waals surface area contributed by atoms with Crippen molar-refractivity contribution in [2.24, 2.45) is 0 Å². The highest BCUT2D eigenvalue weighted by molar-refractivity contribution is 7.86. The highest BCUT2D eigenvalue weighted by Gasteiger charge is 2.56. The number of nitrogens with one attached hydrogen (secondary N) is 1. The first kappa shape index (κ1) is 21.4. The van der Waals surface area contributed by atoms with Gasteiger partial charge >= 0.3 is 11.9 Å². The highest BCUT2D eigenvalue weighted by atomic mass is 32.2. The van der Waals surface area contributed by atoms with Crippen LogP contribution in [0.25, 0.3) is 0 Å². The topological polar surface area (TPSA) is 130 Å². The van der Waals surface area contributed by atoms with Gasteiger partial charge in [0.2, 0.25) is 5.91 Å². The second kappa shape index (κ2) is 9.04. The van der Waals surface area contributed by atoms with Gasteiger partial charge in [-0.25, -0.2) is 9.59 Å². The van der Waals surface area contributed by atoms with Crippen LogP contribution in [-0.2, 0) is 41.1 Å². The molecule has 9 nitrogen and oxygen atoms in total. The first-order valence-corrected chi connectivity index (χ1v) is 10.6. The minimum absolute atomic E-state index is 0.0408. The second-order valence-electron chi connectivity index (χ2n) is 6.60. The number of aliphatic carboxylic acids is 1. The summed E-state index contributed by atoms with van der Waals surface area (Å²) in [6.07, 6.45) is 2.27. The summed E-state index contributed by atoms with van der Waals surface area (Å²) in [7, 11) is -1.66. The maximum Gasteiger partial charge on any atom is 0.352 e. The Morgan fingerprint density at radius 2 is 2.00 bits per heavy atom. The van der Waals surface area contributed by atoms with E-state index in [1.54, 1.807) is 31.2 Å². The Labute approximate surface area is 174 Å². The van der Waals surface area contributed by atoms with E-state index in [0.717, 1.165) is 16.5 Å². The number of hydrogen-bond donors (Lipinski definition) is 2. The van der Waals surface area contributed by atoms with Crippen LogP contribution in [0.4, 0.5) is 0 Å². The molecule has 2 N–H and O–H groups in total.